The van der Waals surface area contributed by atoms with Gasteiger partial charge in [0.2, 0.25) is 0 Å². The highest BCUT2D eigenvalue weighted by Gasteiger charge is 2.30. The summed E-state index contributed by atoms with van der Waals surface area (Å²) in [5.74, 6) is -0.706. The van der Waals surface area contributed by atoms with Gasteiger partial charge in [0, 0.05) is 11.8 Å². The van der Waals surface area contributed by atoms with Gasteiger partial charge in [0.05, 0.1) is 11.3 Å². The second kappa shape index (κ2) is 5.52. The molecule has 0 aliphatic rings. The lowest BCUT2D eigenvalue weighted by molar-refractivity contribution is -0.137. The molecule has 0 aliphatic carbocycles. The number of carboxylic acid groups (broad SMARTS) is 1. The van der Waals surface area contributed by atoms with Gasteiger partial charge in [-0.15, -0.1) is 0 Å². The van der Waals surface area contributed by atoms with Crippen LogP contribution in [-0.2, 0) is 6.18 Å². The van der Waals surface area contributed by atoms with Crippen LogP contribution in [0.4, 0.5) is 28.2 Å². The van der Waals surface area contributed by atoms with Crippen molar-refractivity contribution in [2.45, 2.75) is 6.18 Å². The summed E-state index contributed by atoms with van der Waals surface area (Å²) in [6.07, 6.45) is -4.82. The number of amides is 1. The van der Waals surface area contributed by atoms with Crippen LogP contribution in [0.25, 0.3) is 16.9 Å². The molecule has 0 saturated carbocycles. The van der Waals surface area contributed by atoms with E-state index in [0.717, 1.165) is 24.4 Å². The molecular formula is C15H9F4N3O2. The molecule has 1 aromatic carbocycles. The SMILES string of the molecule is O=C(O)Nc1nc2ccc(F)cn2c1-c1ccc(C(F)(F)F)cc1. The van der Waals surface area contributed by atoms with Crippen LogP contribution in [0.5, 0.6) is 0 Å². The number of alkyl halides is 3. The van der Waals surface area contributed by atoms with Crippen LogP contribution in [0, 0.1) is 5.82 Å². The number of fused-ring (bicyclic) bond motifs is 1. The number of benzene rings is 1. The molecule has 3 rings (SSSR count). The van der Waals surface area contributed by atoms with E-state index in [-0.39, 0.29) is 22.7 Å². The third kappa shape index (κ3) is 2.87. The molecule has 0 unspecified atom stereocenters. The molecule has 0 bridgehead atoms. The van der Waals surface area contributed by atoms with Crippen LogP contribution >= 0.6 is 0 Å². The fourth-order valence-electron chi connectivity index (χ4n) is 2.30. The number of pyridine rings is 1. The largest absolute Gasteiger partial charge is 0.465 e. The molecule has 2 aromatic heterocycles. The molecular weight excluding hydrogens is 330 g/mol. The Labute approximate surface area is 132 Å². The summed E-state index contributed by atoms with van der Waals surface area (Å²) < 4.78 is 52.7. The molecule has 2 N–H and O–H groups in total. The predicted molar refractivity (Wildman–Crippen MR) is 77.2 cm³/mol. The first-order valence-corrected chi connectivity index (χ1v) is 6.61. The van der Waals surface area contributed by atoms with Crippen molar-refractivity contribution < 1.29 is 27.5 Å². The molecule has 24 heavy (non-hydrogen) atoms. The standard InChI is InChI=1S/C15H9F4N3O2/c16-10-5-6-11-20-13(21-14(23)24)12(22(11)7-10)8-1-3-9(4-2-8)15(17,18)19/h1-7,21H,(H,23,24). The quantitative estimate of drug-likeness (QED) is 0.686. The van der Waals surface area contributed by atoms with Crippen molar-refractivity contribution in [3.63, 3.8) is 0 Å². The Kier molecular flexibility index (Phi) is 3.63. The molecule has 0 fully saturated rings. The van der Waals surface area contributed by atoms with Crippen molar-refractivity contribution in [2.75, 3.05) is 5.32 Å². The van der Waals surface area contributed by atoms with E-state index in [0.29, 0.717) is 0 Å². The van der Waals surface area contributed by atoms with Gasteiger partial charge in [0.25, 0.3) is 0 Å². The van der Waals surface area contributed by atoms with E-state index in [1.54, 1.807) is 0 Å². The Bertz CT molecular complexity index is 917. The molecule has 3 aromatic rings. The van der Waals surface area contributed by atoms with Gasteiger partial charge >= 0.3 is 12.3 Å². The summed E-state index contributed by atoms with van der Waals surface area (Å²) in [5, 5.41) is 11.0. The third-order valence-electron chi connectivity index (χ3n) is 3.29. The van der Waals surface area contributed by atoms with E-state index < -0.39 is 23.7 Å². The molecule has 1 amide bonds. The Morgan fingerprint density at radius 1 is 1.12 bits per heavy atom. The highest BCUT2D eigenvalue weighted by atomic mass is 19.4. The van der Waals surface area contributed by atoms with E-state index in [4.69, 9.17) is 5.11 Å². The number of hydrogen-bond donors (Lipinski definition) is 2. The third-order valence-corrected chi connectivity index (χ3v) is 3.29. The van der Waals surface area contributed by atoms with E-state index >= 15 is 0 Å². The lowest BCUT2D eigenvalue weighted by Gasteiger charge is -2.09. The maximum absolute atomic E-state index is 13.5. The molecule has 5 nitrogen and oxygen atoms in total. The maximum atomic E-state index is 13.5. The maximum Gasteiger partial charge on any atom is 0.416 e. The van der Waals surface area contributed by atoms with Gasteiger partial charge in [-0.25, -0.2) is 14.2 Å². The number of hydrogen-bond acceptors (Lipinski definition) is 2. The molecule has 0 spiro atoms. The van der Waals surface area contributed by atoms with Crippen LogP contribution in [0.3, 0.4) is 0 Å². The van der Waals surface area contributed by atoms with E-state index in [2.05, 4.69) is 10.3 Å². The minimum atomic E-state index is -4.49. The zero-order chi connectivity index (χ0) is 17.5. The monoisotopic (exact) mass is 339 g/mol. The molecule has 0 saturated heterocycles. The van der Waals surface area contributed by atoms with E-state index in [9.17, 15) is 22.4 Å². The highest BCUT2D eigenvalue weighted by Crippen LogP contribution is 2.33. The van der Waals surface area contributed by atoms with Crippen LogP contribution in [0.1, 0.15) is 5.56 Å². The average Bonchev–Trinajstić information content (AvgIpc) is 2.82. The number of halogens is 4. The van der Waals surface area contributed by atoms with Gasteiger partial charge < -0.3 is 5.11 Å². The number of carbonyl (C=O) groups is 1. The smallest absolute Gasteiger partial charge is 0.416 e. The van der Waals surface area contributed by atoms with Crippen molar-refractivity contribution >= 4 is 17.6 Å². The van der Waals surface area contributed by atoms with Crippen molar-refractivity contribution in [3.8, 4) is 11.3 Å². The second-order valence-corrected chi connectivity index (χ2v) is 4.89. The van der Waals surface area contributed by atoms with E-state index in [1.165, 1.54) is 22.6 Å². The zero-order valence-electron chi connectivity index (χ0n) is 11.8. The molecule has 0 radical (unpaired) electrons. The van der Waals surface area contributed by atoms with Crippen molar-refractivity contribution in [1.29, 1.82) is 0 Å². The molecule has 0 aliphatic heterocycles. The fraction of sp³-hybridized carbons (Fsp3) is 0.0667. The summed E-state index contributed by atoms with van der Waals surface area (Å²) in [6, 6.07) is 6.53. The summed E-state index contributed by atoms with van der Waals surface area (Å²) in [5.41, 5.74) is -0.209. The van der Waals surface area contributed by atoms with Gasteiger partial charge in [-0.3, -0.25) is 9.72 Å². The summed E-state index contributed by atoms with van der Waals surface area (Å²) in [7, 11) is 0. The van der Waals surface area contributed by atoms with Gasteiger partial charge in [0.1, 0.15) is 11.5 Å². The van der Waals surface area contributed by atoms with Crippen LogP contribution in [0.15, 0.2) is 42.6 Å². The normalized spacial score (nSPS) is 11.7. The van der Waals surface area contributed by atoms with Crippen molar-refractivity contribution in [2.24, 2.45) is 0 Å². The predicted octanol–water partition coefficient (Wildman–Crippen LogP) is 4.25. The zero-order valence-corrected chi connectivity index (χ0v) is 11.8. The first kappa shape index (κ1) is 15.8. The molecule has 124 valence electrons. The average molecular weight is 339 g/mol. The van der Waals surface area contributed by atoms with Crippen molar-refractivity contribution in [3.05, 3.63) is 54.0 Å². The van der Waals surface area contributed by atoms with Gasteiger partial charge in [0.15, 0.2) is 5.82 Å². The summed E-state index contributed by atoms with van der Waals surface area (Å²) in [6.45, 7) is 0. The molecule has 9 heteroatoms. The van der Waals surface area contributed by atoms with Crippen LogP contribution in [-0.4, -0.2) is 20.6 Å². The number of anilines is 1. The lowest BCUT2D eigenvalue weighted by atomic mass is 10.1. The molecule has 0 atom stereocenters. The van der Waals surface area contributed by atoms with Gasteiger partial charge in [-0.2, -0.15) is 13.2 Å². The van der Waals surface area contributed by atoms with Gasteiger partial charge in [-0.05, 0) is 24.3 Å². The Morgan fingerprint density at radius 3 is 2.38 bits per heavy atom. The van der Waals surface area contributed by atoms with Gasteiger partial charge in [-0.1, -0.05) is 12.1 Å². The first-order valence-electron chi connectivity index (χ1n) is 6.61. The fourth-order valence-corrected chi connectivity index (χ4v) is 2.30. The number of aromatic nitrogens is 2. The second-order valence-electron chi connectivity index (χ2n) is 4.89. The first-order chi connectivity index (χ1) is 11.3. The number of rotatable bonds is 2. The minimum Gasteiger partial charge on any atom is -0.465 e. The Morgan fingerprint density at radius 2 is 1.79 bits per heavy atom. The summed E-state index contributed by atoms with van der Waals surface area (Å²) >= 11 is 0. The lowest BCUT2D eigenvalue weighted by Crippen LogP contribution is -2.09. The number of imidazole rings is 1. The Balaban J connectivity index is 2.19. The van der Waals surface area contributed by atoms with E-state index in [1.807, 2.05) is 0 Å². The highest BCUT2D eigenvalue weighted by molar-refractivity contribution is 5.89. The van der Waals surface area contributed by atoms with Crippen molar-refractivity contribution in [1.82, 2.24) is 9.38 Å². The van der Waals surface area contributed by atoms with Crippen LogP contribution < -0.4 is 5.32 Å². The van der Waals surface area contributed by atoms with Crippen LogP contribution in [0.2, 0.25) is 0 Å². The summed E-state index contributed by atoms with van der Waals surface area (Å²) in [4.78, 5) is 14.9. The Hall–Kier alpha value is -3.10. The topological polar surface area (TPSA) is 66.6 Å². The minimum absolute atomic E-state index is 0.104. The molecule has 2 heterocycles. The number of nitrogens with zero attached hydrogens (tertiary/aromatic N) is 2. The number of nitrogens with one attached hydrogen (secondary N) is 1.